The van der Waals surface area contributed by atoms with Crippen LogP contribution in [0.3, 0.4) is 0 Å². The molecule has 2 nitrogen and oxygen atoms in total. The Bertz CT molecular complexity index is 470. The normalized spacial score (nSPS) is 12.8. The molecule has 0 aromatic heterocycles. The van der Waals surface area contributed by atoms with E-state index < -0.39 is 21.0 Å². The van der Waals surface area contributed by atoms with Gasteiger partial charge in [0.15, 0.2) is 0 Å². The smallest absolute Gasteiger partial charge is 0.207 e. The van der Waals surface area contributed by atoms with Crippen molar-refractivity contribution in [1.29, 1.82) is 0 Å². The van der Waals surface area contributed by atoms with E-state index in [1.54, 1.807) is 0 Å². The van der Waals surface area contributed by atoms with E-state index in [0.717, 1.165) is 0 Å². The summed E-state index contributed by atoms with van der Waals surface area (Å²) in [6, 6.07) is 5.30. The average molecular weight is 291 g/mol. The Kier molecular flexibility index (Phi) is 4.14. The maximum Gasteiger partial charge on any atom is 0.398 e. The van der Waals surface area contributed by atoms with Crippen LogP contribution < -0.4 is 0 Å². The molecule has 0 amide bonds. The minimum atomic E-state index is -4.35. The van der Waals surface area contributed by atoms with Crippen molar-refractivity contribution >= 4 is 31.5 Å². The average Bonchev–Trinajstić information content (AvgIpc) is 2.12. The summed E-state index contributed by atoms with van der Waals surface area (Å²) in [6.45, 7) is 0. The lowest BCUT2D eigenvalue weighted by Gasteiger charge is -2.08. The summed E-state index contributed by atoms with van der Waals surface area (Å²) in [7, 11) is 1.07. The number of hydrogen-bond acceptors (Lipinski definition) is 3. The Morgan fingerprint density at radius 3 is 2.31 bits per heavy atom. The molecule has 0 heterocycles. The van der Waals surface area contributed by atoms with Crippen molar-refractivity contribution in [1.82, 2.24) is 0 Å². The number of benzene rings is 1. The number of rotatable bonds is 3. The molecule has 0 N–H and O–H groups in total. The highest BCUT2D eigenvalue weighted by Crippen LogP contribution is 2.32. The molecule has 16 heavy (non-hydrogen) atoms. The second kappa shape index (κ2) is 4.85. The fraction of sp³-hybridized carbons (Fsp3) is 0.250. The van der Waals surface area contributed by atoms with Gasteiger partial charge in [-0.1, -0.05) is 12.1 Å². The second-order valence-electron chi connectivity index (χ2n) is 2.79. The van der Waals surface area contributed by atoms with Crippen LogP contribution in [0.1, 0.15) is 0 Å². The Morgan fingerprint density at radius 1 is 1.25 bits per heavy atom. The van der Waals surface area contributed by atoms with Gasteiger partial charge in [0.25, 0.3) is 9.05 Å². The summed E-state index contributed by atoms with van der Waals surface area (Å²) in [5.74, 6) is -1.16. The Balaban J connectivity index is 2.97. The predicted molar refractivity (Wildman–Crippen MR) is 56.3 cm³/mol. The summed E-state index contributed by atoms with van der Waals surface area (Å²) in [6.07, 6.45) is -4.35. The largest absolute Gasteiger partial charge is 0.398 e. The molecule has 8 heteroatoms. The fourth-order valence-corrected chi connectivity index (χ4v) is 3.23. The van der Waals surface area contributed by atoms with Crippen LogP contribution in [0.5, 0.6) is 0 Å². The molecule has 90 valence electrons. The molecule has 0 saturated carbocycles. The lowest BCUT2D eigenvalue weighted by Crippen LogP contribution is -2.11. The number of hydrogen-bond donors (Lipinski definition) is 0. The third-order valence-electron chi connectivity index (χ3n) is 1.50. The third kappa shape index (κ3) is 4.23. The van der Waals surface area contributed by atoms with Crippen LogP contribution in [0.15, 0.2) is 34.1 Å². The van der Waals surface area contributed by atoms with Crippen molar-refractivity contribution in [3.63, 3.8) is 0 Å². The van der Waals surface area contributed by atoms with Crippen molar-refractivity contribution in [2.45, 2.75) is 16.0 Å². The Labute approximate surface area is 99.2 Å². The van der Waals surface area contributed by atoms with E-state index in [1.807, 2.05) is 0 Å². The lowest BCUT2D eigenvalue weighted by molar-refractivity contribution is -0.105. The van der Waals surface area contributed by atoms with Gasteiger partial charge in [0, 0.05) is 15.6 Å². The molecule has 0 atom stereocenters. The first-order chi connectivity index (χ1) is 7.20. The van der Waals surface area contributed by atoms with E-state index in [1.165, 1.54) is 24.3 Å². The van der Waals surface area contributed by atoms with Crippen LogP contribution in [0, 0.1) is 0 Å². The molecular weight excluding hydrogens is 285 g/mol. The minimum absolute atomic E-state index is 0.00479. The van der Waals surface area contributed by atoms with E-state index in [2.05, 4.69) is 0 Å². The van der Waals surface area contributed by atoms with E-state index in [4.69, 9.17) is 10.7 Å². The monoisotopic (exact) mass is 290 g/mol. The second-order valence-corrected chi connectivity index (χ2v) is 6.34. The molecule has 0 radical (unpaired) electrons. The minimum Gasteiger partial charge on any atom is -0.207 e. The lowest BCUT2D eigenvalue weighted by atomic mass is 10.4. The zero-order valence-electron chi connectivity index (χ0n) is 7.66. The van der Waals surface area contributed by atoms with Gasteiger partial charge < -0.3 is 0 Å². The Morgan fingerprint density at radius 2 is 1.81 bits per heavy atom. The first-order valence-corrected chi connectivity index (χ1v) is 7.23. The zero-order chi connectivity index (χ0) is 12.4. The van der Waals surface area contributed by atoms with Crippen molar-refractivity contribution in [3.8, 4) is 0 Å². The summed E-state index contributed by atoms with van der Waals surface area (Å²) < 4.78 is 58.0. The van der Waals surface area contributed by atoms with Crippen molar-refractivity contribution in [2.24, 2.45) is 0 Å². The summed E-state index contributed by atoms with van der Waals surface area (Å²) in [5, 5.41) is 0. The SMILES string of the molecule is O=S(=O)(Cl)c1ccccc1SCC(F)(F)F. The highest BCUT2D eigenvalue weighted by molar-refractivity contribution is 8.14. The molecule has 0 aliphatic rings. The van der Waals surface area contributed by atoms with Gasteiger partial charge in [0.05, 0.1) is 10.6 Å². The van der Waals surface area contributed by atoms with Crippen LogP contribution >= 0.6 is 22.4 Å². The standard InChI is InChI=1S/C8H6ClF3O2S2/c9-16(13,14)7-4-2-1-3-6(7)15-5-8(10,11)12/h1-4H,5H2. The summed E-state index contributed by atoms with van der Waals surface area (Å²) in [4.78, 5) is -0.305. The van der Waals surface area contributed by atoms with E-state index in [0.29, 0.717) is 11.8 Å². The Hall–Kier alpha value is -0.400. The molecule has 1 rings (SSSR count). The van der Waals surface area contributed by atoms with Crippen LogP contribution in [0.2, 0.25) is 0 Å². The molecule has 0 aliphatic heterocycles. The maximum atomic E-state index is 12.0. The van der Waals surface area contributed by atoms with E-state index in [-0.39, 0.29) is 9.79 Å². The molecular formula is C8H6ClF3O2S2. The molecule has 0 unspecified atom stereocenters. The van der Waals surface area contributed by atoms with Crippen LogP contribution in [0.25, 0.3) is 0 Å². The molecule has 0 aliphatic carbocycles. The van der Waals surface area contributed by atoms with Gasteiger partial charge in [0.2, 0.25) is 0 Å². The highest BCUT2D eigenvalue weighted by Gasteiger charge is 2.28. The van der Waals surface area contributed by atoms with Crippen LogP contribution in [-0.4, -0.2) is 20.3 Å². The summed E-state index contributed by atoms with van der Waals surface area (Å²) >= 11 is 0.392. The van der Waals surface area contributed by atoms with E-state index >= 15 is 0 Å². The van der Waals surface area contributed by atoms with Gasteiger partial charge in [-0.05, 0) is 12.1 Å². The molecule has 0 saturated heterocycles. The van der Waals surface area contributed by atoms with Gasteiger partial charge in [-0.25, -0.2) is 8.42 Å². The topological polar surface area (TPSA) is 34.1 Å². The van der Waals surface area contributed by atoms with Gasteiger partial charge >= 0.3 is 6.18 Å². The van der Waals surface area contributed by atoms with Gasteiger partial charge in [0.1, 0.15) is 0 Å². The van der Waals surface area contributed by atoms with Gasteiger partial charge in [-0.2, -0.15) is 13.2 Å². The zero-order valence-corrected chi connectivity index (χ0v) is 10.1. The van der Waals surface area contributed by atoms with Crippen molar-refractivity contribution < 1.29 is 21.6 Å². The van der Waals surface area contributed by atoms with Gasteiger partial charge in [-0.15, -0.1) is 11.8 Å². The van der Waals surface area contributed by atoms with Crippen LogP contribution in [-0.2, 0) is 9.05 Å². The quantitative estimate of drug-likeness (QED) is 0.633. The number of thioether (sulfide) groups is 1. The molecule has 0 fully saturated rings. The fourth-order valence-electron chi connectivity index (χ4n) is 0.930. The third-order valence-corrected chi connectivity index (χ3v) is 4.15. The maximum absolute atomic E-state index is 12.0. The van der Waals surface area contributed by atoms with Crippen molar-refractivity contribution in [2.75, 3.05) is 5.75 Å². The molecule has 1 aromatic rings. The molecule has 0 spiro atoms. The van der Waals surface area contributed by atoms with Crippen LogP contribution in [0.4, 0.5) is 13.2 Å². The summed E-state index contributed by atoms with van der Waals surface area (Å²) in [5.41, 5.74) is 0. The van der Waals surface area contributed by atoms with Gasteiger partial charge in [-0.3, -0.25) is 0 Å². The first-order valence-electron chi connectivity index (χ1n) is 3.93. The predicted octanol–water partition coefficient (Wildman–Crippen LogP) is 3.27. The molecule has 0 bridgehead atoms. The van der Waals surface area contributed by atoms with Crippen molar-refractivity contribution in [3.05, 3.63) is 24.3 Å². The highest BCUT2D eigenvalue weighted by atomic mass is 35.7. The van der Waals surface area contributed by atoms with E-state index in [9.17, 15) is 21.6 Å². The number of halogens is 4. The first kappa shape index (κ1) is 13.7. The molecule has 1 aromatic carbocycles. The number of alkyl halides is 3.